The van der Waals surface area contributed by atoms with E-state index in [2.05, 4.69) is 37.2 Å². The van der Waals surface area contributed by atoms with E-state index >= 15 is 0 Å². The zero-order chi connectivity index (χ0) is 26.5. The second-order valence-electron chi connectivity index (χ2n) is 7.77. The first-order valence-corrected chi connectivity index (χ1v) is 13.2. The average molecular weight is 650 g/mol. The maximum absolute atomic E-state index is 13.3. The Morgan fingerprint density at radius 1 is 1.08 bits per heavy atom. The van der Waals surface area contributed by atoms with Gasteiger partial charge in [0.25, 0.3) is 11.1 Å². The molecule has 0 unspecified atom stereocenters. The first-order valence-electron chi connectivity index (χ1n) is 10.8. The van der Waals surface area contributed by atoms with Crippen LogP contribution in [0.4, 0.5) is 14.9 Å². The molecule has 1 fully saturated rings. The maximum Gasteiger partial charge on any atom is 0.294 e. The summed E-state index contributed by atoms with van der Waals surface area (Å²) in [5, 5.41) is 1.90. The Kier molecular flexibility index (Phi) is 8.67. The van der Waals surface area contributed by atoms with Crippen molar-refractivity contribution in [1.29, 1.82) is 0 Å². The normalized spacial score (nSPS) is 14.3. The Balaban J connectivity index is 1.47. The Bertz CT molecular complexity index is 1400. The van der Waals surface area contributed by atoms with Gasteiger partial charge in [0.05, 0.1) is 12.0 Å². The number of carbonyl (C=O) groups is 3. The van der Waals surface area contributed by atoms with Gasteiger partial charge in [-0.25, -0.2) is 4.39 Å². The monoisotopic (exact) mass is 648 g/mol. The summed E-state index contributed by atoms with van der Waals surface area (Å²) in [4.78, 5) is 38.7. The third-order valence-electron chi connectivity index (χ3n) is 5.16. The molecule has 190 valence electrons. The van der Waals surface area contributed by atoms with E-state index in [1.165, 1.54) is 25.3 Å². The van der Waals surface area contributed by atoms with Crippen molar-refractivity contribution >= 4 is 72.4 Å². The van der Waals surface area contributed by atoms with E-state index in [-0.39, 0.29) is 10.6 Å². The van der Waals surface area contributed by atoms with Crippen LogP contribution in [-0.2, 0) is 16.2 Å². The van der Waals surface area contributed by atoms with E-state index in [0.717, 1.165) is 32.8 Å². The van der Waals surface area contributed by atoms with Crippen molar-refractivity contribution in [3.63, 3.8) is 0 Å². The third kappa shape index (κ3) is 6.79. The third-order valence-corrected chi connectivity index (χ3v) is 7.28. The van der Waals surface area contributed by atoms with Gasteiger partial charge in [0.1, 0.15) is 19.0 Å². The van der Waals surface area contributed by atoms with Crippen LogP contribution in [0, 0.1) is 5.82 Å². The van der Waals surface area contributed by atoms with Gasteiger partial charge in [0.15, 0.2) is 11.5 Å². The van der Waals surface area contributed by atoms with Crippen molar-refractivity contribution in [3.8, 4) is 11.5 Å². The predicted molar refractivity (Wildman–Crippen MR) is 147 cm³/mol. The quantitative estimate of drug-likeness (QED) is 0.276. The maximum atomic E-state index is 13.3. The zero-order valence-corrected chi connectivity index (χ0v) is 23.3. The number of ether oxygens (including phenoxy) is 2. The molecular formula is C26H19Br2FN2O5S. The molecule has 1 saturated heterocycles. The van der Waals surface area contributed by atoms with Gasteiger partial charge in [-0.2, -0.15) is 0 Å². The highest BCUT2D eigenvalue weighted by Gasteiger charge is 2.36. The molecule has 37 heavy (non-hydrogen) atoms. The van der Waals surface area contributed by atoms with Crippen LogP contribution >= 0.6 is 43.6 Å². The number of nitrogens with zero attached hydrogens (tertiary/aromatic N) is 1. The molecule has 0 atom stereocenters. The molecule has 3 aromatic rings. The van der Waals surface area contributed by atoms with Gasteiger partial charge in [0, 0.05) is 14.6 Å². The Labute approximate surface area is 233 Å². The van der Waals surface area contributed by atoms with E-state index in [1.807, 2.05) is 24.3 Å². The molecule has 7 nitrogen and oxygen atoms in total. The Morgan fingerprint density at radius 3 is 2.54 bits per heavy atom. The highest BCUT2D eigenvalue weighted by atomic mass is 79.9. The first-order chi connectivity index (χ1) is 17.7. The summed E-state index contributed by atoms with van der Waals surface area (Å²) in [6, 6.07) is 16.5. The number of anilines is 1. The topological polar surface area (TPSA) is 84.9 Å². The minimum atomic E-state index is -0.621. The number of imide groups is 1. The van der Waals surface area contributed by atoms with Crippen molar-refractivity contribution in [2.24, 2.45) is 0 Å². The fourth-order valence-electron chi connectivity index (χ4n) is 3.36. The second-order valence-corrected chi connectivity index (χ2v) is 10.5. The van der Waals surface area contributed by atoms with Gasteiger partial charge in [-0.15, -0.1) is 0 Å². The largest absolute Gasteiger partial charge is 0.493 e. The number of benzene rings is 3. The van der Waals surface area contributed by atoms with Crippen LogP contribution in [0.2, 0.25) is 0 Å². The van der Waals surface area contributed by atoms with Crippen LogP contribution in [0.3, 0.4) is 0 Å². The van der Waals surface area contributed by atoms with Crippen molar-refractivity contribution in [3.05, 3.63) is 91.5 Å². The highest BCUT2D eigenvalue weighted by Crippen LogP contribution is 2.38. The number of nitrogens with one attached hydrogen (secondary N) is 1. The van der Waals surface area contributed by atoms with Crippen LogP contribution in [-0.4, -0.2) is 35.6 Å². The van der Waals surface area contributed by atoms with Gasteiger partial charge < -0.3 is 14.8 Å². The molecule has 1 aliphatic rings. The van der Waals surface area contributed by atoms with Crippen molar-refractivity contribution < 1.29 is 28.2 Å². The molecule has 0 saturated carbocycles. The minimum absolute atomic E-state index is 0.148. The minimum Gasteiger partial charge on any atom is -0.493 e. The number of amides is 3. The van der Waals surface area contributed by atoms with E-state index in [0.29, 0.717) is 28.1 Å². The van der Waals surface area contributed by atoms with E-state index in [9.17, 15) is 18.8 Å². The standard InChI is InChI=1S/C26H19Br2FN2O5S/c1-35-21-9-16(20(28)12-22(21)36-14-15-5-7-17(27)8-6-15)10-23-25(33)31(26(34)37-23)13-24(32)30-19-4-2-3-18(29)11-19/h2-12H,13-14H2,1H3,(H,30,32)/b23-10+. The molecule has 3 aromatic carbocycles. The molecule has 4 rings (SSSR count). The average Bonchev–Trinajstić information content (AvgIpc) is 3.12. The summed E-state index contributed by atoms with van der Waals surface area (Å²) in [7, 11) is 1.50. The van der Waals surface area contributed by atoms with Crippen LogP contribution < -0.4 is 14.8 Å². The van der Waals surface area contributed by atoms with Gasteiger partial charge in [-0.05, 0) is 71.4 Å². The van der Waals surface area contributed by atoms with Gasteiger partial charge in [0.2, 0.25) is 5.91 Å². The van der Waals surface area contributed by atoms with Crippen LogP contribution in [0.5, 0.6) is 11.5 Å². The molecule has 0 bridgehead atoms. The first kappa shape index (κ1) is 26.9. The number of rotatable bonds is 8. The van der Waals surface area contributed by atoms with Crippen molar-refractivity contribution in [2.45, 2.75) is 6.61 Å². The van der Waals surface area contributed by atoms with Gasteiger partial charge >= 0.3 is 0 Å². The van der Waals surface area contributed by atoms with Crippen molar-refractivity contribution in [1.82, 2.24) is 4.90 Å². The number of thioether (sulfide) groups is 1. The predicted octanol–water partition coefficient (Wildman–Crippen LogP) is 6.61. The van der Waals surface area contributed by atoms with Gasteiger partial charge in [-0.1, -0.05) is 50.1 Å². The Morgan fingerprint density at radius 2 is 1.84 bits per heavy atom. The molecule has 1 heterocycles. The zero-order valence-electron chi connectivity index (χ0n) is 19.3. The van der Waals surface area contributed by atoms with E-state index in [4.69, 9.17) is 9.47 Å². The number of hydrogen-bond acceptors (Lipinski definition) is 6. The molecule has 1 aliphatic heterocycles. The molecule has 0 radical (unpaired) electrons. The number of halogens is 3. The number of methoxy groups -OCH3 is 1. The lowest BCUT2D eigenvalue weighted by molar-refractivity contribution is -0.127. The molecule has 3 amide bonds. The summed E-state index contributed by atoms with van der Waals surface area (Å²) in [5.41, 5.74) is 1.79. The van der Waals surface area contributed by atoms with Gasteiger partial charge in [-0.3, -0.25) is 19.3 Å². The lowest BCUT2D eigenvalue weighted by Crippen LogP contribution is -2.36. The number of hydrogen-bond donors (Lipinski definition) is 1. The van der Waals surface area contributed by atoms with Crippen LogP contribution in [0.15, 0.2) is 74.5 Å². The highest BCUT2D eigenvalue weighted by molar-refractivity contribution is 9.10. The summed E-state index contributed by atoms with van der Waals surface area (Å²) < 4.78 is 26.3. The summed E-state index contributed by atoms with van der Waals surface area (Å²) in [6.45, 7) is -0.169. The molecule has 11 heteroatoms. The molecule has 0 aromatic heterocycles. The second kappa shape index (κ2) is 11.9. The fraction of sp³-hybridized carbons (Fsp3) is 0.115. The van der Waals surface area contributed by atoms with Crippen LogP contribution in [0.1, 0.15) is 11.1 Å². The Hall–Kier alpha value is -3.15. The molecule has 0 spiro atoms. The van der Waals surface area contributed by atoms with Crippen LogP contribution in [0.25, 0.3) is 6.08 Å². The fourth-order valence-corrected chi connectivity index (χ4v) is 4.89. The van der Waals surface area contributed by atoms with E-state index < -0.39 is 29.4 Å². The molecular weight excluding hydrogens is 631 g/mol. The summed E-state index contributed by atoms with van der Waals surface area (Å²) >= 11 is 7.61. The summed E-state index contributed by atoms with van der Waals surface area (Å²) in [5.74, 6) is -0.801. The summed E-state index contributed by atoms with van der Waals surface area (Å²) in [6.07, 6.45) is 1.54. The smallest absolute Gasteiger partial charge is 0.294 e. The lowest BCUT2D eigenvalue weighted by atomic mass is 10.1. The molecule has 1 N–H and O–H groups in total. The number of carbonyl (C=O) groups excluding carboxylic acids is 3. The van der Waals surface area contributed by atoms with Crippen molar-refractivity contribution in [2.75, 3.05) is 19.0 Å². The SMILES string of the molecule is COc1cc(/C=C2/SC(=O)N(CC(=O)Nc3cccc(F)c3)C2=O)c(Br)cc1OCc1ccc(Br)cc1. The lowest BCUT2D eigenvalue weighted by Gasteiger charge is -2.13. The van der Waals surface area contributed by atoms with E-state index in [1.54, 1.807) is 18.2 Å². The molecule has 0 aliphatic carbocycles.